The van der Waals surface area contributed by atoms with Crippen LogP contribution in [-0.2, 0) is 4.79 Å². The van der Waals surface area contributed by atoms with Gasteiger partial charge in [0, 0.05) is 26.6 Å². The molecule has 0 radical (unpaired) electrons. The van der Waals surface area contributed by atoms with Gasteiger partial charge in [-0.2, -0.15) is 0 Å². The first kappa shape index (κ1) is 12.6. The zero-order valence-electron chi connectivity index (χ0n) is 10.4. The highest BCUT2D eigenvalue weighted by atomic mass is 16.4. The van der Waals surface area contributed by atoms with E-state index in [1.807, 2.05) is 0 Å². The van der Waals surface area contributed by atoms with Crippen LogP contribution in [0.25, 0.3) is 0 Å². The number of primary amides is 1. The van der Waals surface area contributed by atoms with Crippen LogP contribution in [0.15, 0.2) is 4.42 Å². The molecule has 0 spiro atoms. The van der Waals surface area contributed by atoms with Gasteiger partial charge in [-0.25, -0.2) is 4.98 Å². The normalized spacial score (nSPS) is 19.9. The van der Waals surface area contributed by atoms with Crippen LogP contribution in [0.3, 0.4) is 0 Å². The van der Waals surface area contributed by atoms with Crippen LogP contribution in [0.5, 0.6) is 0 Å². The first-order chi connectivity index (χ1) is 8.50. The number of nitrogens with two attached hydrogens (primary N) is 1. The Morgan fingerprint density at radius 2 is 2.22 bits per heavy atom. The number of carbonyl (C=O) groups excluding carboxylic acids is 2. The summed E-state index contributed by atoms with van der Waals surface area (Å²) in [6, 6.07) is -0.643. The number of nitrogens with one attached hydrogen (secondary N) is 1. The Balaban J connectivity index is 2.26. The van der Waals surface area contributed by atoms with Crippen LogP contribution in [0, 0.1) is 13.8 Å². The molecule has 2 amide bonds. The number of rotatable bonds is 2. The van der Waals surface area contributed by atoms with Crippen molar-refractivity contribution < 1.29 is 14.0 Å². The first-order valence-corrected chi connectivity index (χ1v) is 5.75. The SMILES string of the molecule is Cc1nc(C)c(C(=O)N2CCNCC2C(N)=O)o1. The van der Waals surface area contributed by atoms with Crippen LogP contribution in [-0.4, -0.2) is 47.4 Å². The standard InChI is InChI=1S/C11H16N4O3/c1-6-9(18-7(2)14-6)11(17)15-4-3-13-5-8(15)10(12)16/h8,13H,3-5H2,1-2H3,(H2,12,16). The molecule has 18 heavy (non-hydrogen) atoms. The van der Waals surface area contributed by atoms with Crippen molar-refractivity contribution in [2.24, 2.45) is 5.73 Å². The Kier molecular flexibility index (Phi) is 3.33. The number of amides is 2. The van der Waals surface area contributed by atoms with Gasteiger partial charge in [0.15, 0.2) is 5.89 Å². The van der Waals surface area contributed by atoms with Gasteiger partial charge in [-0.3, -0.25) is 9.59 Å². The van der Waals surface area contributed by atoms with E-state index in [-0.39, 0.29) is 11.7 Å². The monoisotopic (exact) mass is 252 g/mol. The molecule has 0 saturated carbocycles. The summed E-state index contributed by atoms with van der Waals surface area (Å²) in [6.07, 6.45) is 0. The highest BCUT2D eigenvalue weighted by Crippen LogP contribution is 2.15. The number of carbonyl (C=O) groups is 2. The van der Waals surface area contributed by atoms with Gasteiger partial charge >= 0.3 is 0 Å². The summed E-state index contributed by atoms with van der Waals surface area (Å²) in [6.45, 7) is 4.79. The fourth-order valence-corrected chi connectivity index (χ4v) is 2.06. The topological polar surface area (TPSA) is 101 Å². The molecule has 1 fully saturated rings. The number of nitrogens with zero attached hydrogens (tertiary/aromatic N) is 2. The van der Waals surface area contributed by atoms with E-state index in [0.717, 1.165) is 0 Å². The lowest BCUT2D eigenvalue weighted by Crippen LogP contribution is -2.58. The largest absolute Gasteiger partial charge is 0.436 e. The van der Waals surface area contributed by atoms with E-state index in [1.54, 1.807) is 13.8 Å². The fraction of sp³-hybridized carbons (Fsp3) is 0.545. The minimum absolute atomic E-state index is 0.181. The Labute approximate surface area is 104 Å². The van der Waals surface area contributed by atoms with Crippen molar-refractivity contribution in [3.8, 4) is 0 Å². The summed E-state index contributed by atoms with van der Waals surface area (Å²) >= 11 is 0. The Morgan fingerprint density at radius 3 is 2.78 bits per heavy atom. The average molecular weight is 252 g/mol. The van der Waals surface area contributed by atoms with E-state index in [0.29, 0.717) is 31.2 Å². The Hall–Kier alpha value is -1.89. The minimum Gasteiger partial charge on any atom is -0.436 e. The maximum atomic E-state index is 12.3. The lowest BCUT2D eigenvalue weighted by atomic mass is 10.1. The van der Waals surface area contributed by atoms with Gasteiger partial charge in [0.2, 0.25) is 11.7 Å². The van der Waals surface area contributed by atoms with E-state index in [9.17, 15) is 9.59 Å². The van der Waals surface area contributed by atoms with Crippen LogP contribution in [0.1, 0.15) is 22.1 Å². The van der Waals surface area contributed by atoms with Crippen LogP contribution in [0.4, 0.5) is 0 Å². The van der Waals surface area contributed by atoms with Crippen LogP contribution in [0.2, 0.25) is 0 Å². The minimum atomic E-state index is -0.643. The molecular formula is C11H16N4O3. The molecule has 1 atom stereocenters. The van der Waals surface area contributed by atoms with Crippen LogP contribution >= 0.6 is 0 Å². The lowest BCUT2D eigenvalue weighted by molar-refractivity contribution is -0.122. The molecule has 7 nitrogen and oxygen atoms in total. The van der Waals surface area contributed by atoms with Crippen molar-refractivity contribution in [2.75, 3.05) is 19.6 Å². The molecule has 7 heteroatoms. The van der Waals surface area contributed by atoms with Crippen molar-refractivity contribution >= 4 is 11.8 Å². The van der Waals surface area contributed by atoms with E-state index in [1.165, 1.54) is 4.90 Å². The summed E-state index contributed by atoms with van der Waals surface area (Å²) in [5.41, 5.74) is 5.82. The van der Waals surface area contributed by atoms with Gasteiger partial charge in [-0.1, -0.05) is 0 Å². The highest BCUT2D eigenvalue weighted by Gasteiger charge is 2.33. The molecule has 1 aromatic heterocycles. The van der Waals surface area contributed by atoms with Crippen LogP contribution < -0.4 is 11.1 Å². The number of oxazole rings is 1. The Bertz CT molecular complexity index is 483. The molecule has 98 valence electrons. The molecule has 1 aliphatic heterocycles. The van der Waals surface area contributed by atoms with Crippen molar-refractivity contribution in [3.63, 3.8) is 0 Å². The quantitative estimate of drug-likeness (QED) is 0.717. The number of hydrogen-bond donors (Lipinski definition) is 2. The maximum Gasteiger partial charge on any atom is 0.292 e. The summed E-state index contributed by atoms with van der Waals surface area (Å²) < 4.78 is 5.28. The molecule has 0 aliphatic carbocycles. The van der Waals surface area contributed by atoms with E-state index < -0.39 is 11.9 Å². The number of aromatic nitrogens is 1. The number of aryl methyl sites for hydroxylation is 2. The smallest absolute Gasteiger partial charge is 0.292 e. The lowest BCUT2D eigenvalue weighted by Gasteiger charge is -2.33. The molecular weight excluding hydrogens is 236 g/mol. The third-order valence-electron chi connectivity index (χ3n) is 2.93. The van der Waals surface area contributed by atoms with Gasteiger partial charge in [-0.05, 0) is 6.92 Å². The number of hydrogen-bond acceptors (Lipinski definition) is 5. The van der Waals surface area contributed by atoms with Crippen molar-refractivity contribution in [1.82, 2.24) is 15.2 Å². The first-order valence-electron chi connectivity index (χ1n) is 5.75. The predicted molar refractivity (Wildman–Crippen MR) is 62.9 cm³/mol. The summed E-state index contributed by atoms with van der Waals surface area (Å²) in [5.74, 6) is -0.245. The summed E-state index contributed by atoms with van der Waals surface area (Å²) in [5, 5.41) is 3.03. The molecule has 1 aliphatic rings. The van der Waals surface area contributed by atoms with Crippen molar-refractivity contribution in [2.45, 2.75) is 19.9 Å². The van der Waals surface area contributed by atoms with Crippen molar-refractivity contribution in [1.29, 1.82) is 0 Å². The van der Waals surface area contributed by atoms with E-state index >= 15 is 0 Å². The van der Waals surface area contributed by atoms with Gasteiger partial charge in [0.05, 0.1) is 5.69 Å². The third-order valence-corrected chi connectivity index (χ3v) is 2.93. The molecule has 1 aromatic rings. The predicted octanol–water partition coefficient (Wildman–Crippen LogP) is -0.809. The average Bonchev–Trinajstić information content (AvgIpc) is 2.67. The number of piperazine rings is 1. The van der Waals surface area contributed by atoms with Gasteiger partial charge in [-0.15, -0.1) is 0 Å². The molecule has 0 bridgehead atoms. The Morgan fingerprint density at radius 1 is 1.50 bits per heavy atom. The maximum absolute atomic E-state index is 12.3. The zero-order valence-corrected chi connectivity index (χ0v) is 10.4. The zero-order chi connectivity index (χ0) is 13.3. The molecule has 2 rings (SSSR count). The molecule has 1 unspecified atom stereocenters. The summed E-state index contributed by atoms with van der Waals surface area (Å²) in [7, 11) is 0. The third kappa shape index (κ3) is 2.21. The van der Waals surface area contributed by atoms with Gasteiger partial charge in [0.1, 0.15) is 6.04 Å². The van der Waals surface area contributed by atoms with Gasteiger partial charge in [0.25, 0.3) is 5.91 Å². The molecule has 0 aromatic carbocycles. The molecule has 2 heterocycles. The van der Waals surface area contributed by atoms with E-state index in [4.69, 9.17) is 10.2 Å². The fourth-order valence-electron chi connectivity index (χ4n) is 2.06. The van der Waals surface area contributed by atoms with E-state index in [2.05, 4.69) is 10.3 Å². The van der Waals surface area contributed by atoms with Crippen molar-refractivity contribution in [3.05, 3.63) is 17.3 Å². The summed E-state index contributed by atoms with van der Waals surface area (Å²) in [4.78, 5) is 29.1. The second-order valence-corrected chi connectivity index (χ2v) is 4.27. The molecule has 3 N–H and O–H groups in total. The highest BCUT2D eigenvalue weighted by molar-refractivity contribution is 5.96. The van der Waals surface area contributed by atoms with Gasteiger partial charge < -0.3 is 20.4 Å². The molecule has 1 saturated heterocycles. The second-order valence-electron chi connectivity index (χ2n) is 4.27. The second kappa shape index (κ2) is 4.77.